The molecule has 170 valence electrons. The molecule has 2 aromatic carbocycles. The molecule has 0 radical (unpaired) electrons. The normalized spacial score (nSPS) is 14.7. The van der Waals surface area contributed by atoms with Crippen molar-refractivity contribution < 1.29 is 18.1 Å². The standard InChI is InChI=1S/C21H25N5O5S/c1-15(16-6-3-8-18(12-16)26(28)29)25(2)14-21(27)23-17-7-4-9-19(13-17)32(30,31)24-20-10-5-11-22-20/h3-4,6-9,12-13,15H,5,10-11,14H2,1-2H3,(H,22,24)(H,23,27)/t15-/m1/s1. The van der Waals surface area contributed by atoms with Crippen LogP contribution in [0.2, 0.25) is 0 Å². The second kappa shape index (κ2) is 9.88. The first-order valence-electron chi connectivity index (χ1n) is 10.1. The molecule has 0 aliphatic carbocycles. The number of hydrogen-bond acceptors (Lipinski definition) is 7. The monoisotopic (exact) mass is 459 g/mol. The summed E-state index contributed by atoms with van der Waals surface area (Å²) in [4.78, 5) is 29.0. The van der Waals surface area contributed by atoms with Gasteiger partial charge in [-0.1, -0.05) is 18.2 Å². The predicted octanol–water partition coefficient (Wildman–Crippen LogP) is 2.70. The van der Waals surface area contributed by atoms with Gasteiger partial charge in [0.1, 0.15) is 5.84 Å². The van der Waals surface area contributed by atoms with Crippen LogP contribution in [0.4, 0.5) is 11.4 Å². The lowest BCUT2D eigenvalue weighted by atomic mass is 10.1. The second-order valence-corrected chi connectivity index (χ2v) is 9.24. The molecule has 1 heterocycles. The zero-order valence-corrected chi connectivity index (χ0v) is 18.6. The Morgan fingerprint density at radius 3 is 2.69 bits per heavy atom. The minimum Gasteiger partial charge on any atom is -0.325 e. The minimum atomic E-state index is -3.78. The summed E-state index contributed by atoms with van der Waals surface area (Å²) in [6.45, 7) is 2.46. The third-order valence-electron chi connectivity index (χ3n) is 5.17. The number of amides is 1. The van der Waals surface area contributed by atoms with Gasteiger partial charge in [0.15, 0.2) is 0 Å². The molecule has 2 aromatic rings. The van der Waals surface area contributed by atoms with Gasteiger partial charge in [-0.25, -0.2) is 8.42 Å². The number of nitro benzene ring substituents is 1. The molecule has 11 heteroatoms. The maximum absolute atomic E-state index is 12.6. The molecule has 0 fully saturated rings. The van der Waals surface area contributed by atoms with E-state index in [4.69, 9.17) is 0 Å². The minimum absolute atomic E-state index is 0.00981. The van der Waals surface area contributed by atoms with E-state index in [1.807, 2.05) is 6.92 Å². The van der Waals surface area contributed by atoms with Crippen molar-refractivity contribution in [3.05, 3.63) is 64.2 Å². The average molecular weight is 460 g/mol. The van der Waals surface area contributed by atoms with Crippen LogP contribution in [0.5, 0.6) is 0 Å². The number of benzene rings is 2. The van der Waals surface area contributed by atoms with Crippen LogP contribution in [0.15, 0.2) is 58.4 Å². The van der Waals surface area contributed by atoms with Crippen LogP contribution in [-0.4, -0.2) is 50.1 Å². The number of likely N-dealkylation sites (N-methyl/N-ethyl adjacent to an activating group) is 1. The van der Waals surface area contributed by atoms with E-state index in [1.54, 1.807) is 36.2 Å². The van der Waals surface area contributed by atoms with Gasteiger partial charge in [0, 0.05) is 36.8 Å². The zero-order chi connectivity index (χ0) is 23.3. The predicted molar refractivity (Wildman–Crippen MR) is 121 cm³/mol. The Labute approximate surface area is 186 Å². The lowest BCUT2D eigenvalue weighted by Gasteiger charge is -2.24. The highest BCUT2D eigenvalue weighted by Gasteiger charge is 2.20. The van der Waals surface area contributed by atoms with E-state index >= 15 is 0 Å². The number of hydrogen-bond donors (Lipinski definition) is 2. The number of carbonyl (C=O) groups is 1. The van der Waals surface area contributed by atoms with Gasteiger partial charge in [0.05, 0.1) is 16.4 Å². The fourth-order valence-corrected chi connectivity index (χ4v) is 4.43. The van der Waals surface area contributed by atoms with Gasteiger partial charge in [0.25, 0.3) is 15.7 Å². The number of nitrogens with one attached hydrogen (secondary N) is 2. The van der Waals surface area contributed by atoms with Crippen LogP contribution in [-0.2, 0) is 14.8 Å². The van der Waals surface area contributed by atoms with Crippen molar-refractivity contribution >= 4 is 33.1 Å². The van der Waals surface area contributed by atoms with E-state index in [-0.39, 0.29) is 29.1 Å². The number of aliphatic imine (C=N–C) groups is 1. The van der Waals surface area contributed by atoms with E-state index < -0.39 is 14.9 Å². The number of carbonyl (C=O) groups excluding carboxylic acids is 1. The molecule has 1 atom stereocenters. The summed E-state index contributed by atoms with van der Waals surface area (Å²) in [6, 6.07) is 12.0. The molecule has 0 aromatic heterocycles. The number of rotatable bonds is 8. The van der Waals surface area contributed by atoms with Gasteiger partial charge in [-0.2, -0.15) is 0 Å². The van der Waals surface area contributed by atoms with Crippen LogP contribution in [0.3, 0.4) is 0 Å². The van der Waals surface area contributed by atoms with Crippen LogP contribution in [0.1, 0.15) is 31.4 Å². The molecular formula is C21H25N5O5S. The quantitative estimate of drug-likeness (QED) is 0.460. The van der Waals surface area contributed by atoms with E-state index in [2.05, 4.69) is 15.0 Å². The number of anilines is 1. The van der Waals surface area contributed by atoms with Crippen molar-refractivity contribution in [2.75, 3.05) is 25.5 Å². The molecule has 0 saturated heterocycles. The Morgan fingerprint density at radius 2 is 2.00 bits per heavy atom. The van der Waals surface area contributed by atoms with Crippen molar-refractivity contribution in [2.24, 2.45) is 4.99 Å². The fourth-order valence-electron chi connectivity index (χ4n) is 3.29. The maximum Gasteiger partial charge on any atom is 0.269 e. The summed E-state index contributed by atoms with van der Waals surface area (Å²) in [5.74, 6) is 0.101. The molecule has 0 bridgehead atoms. The highest BCUT2D eigenvalue weighted by Crippen LogP contribution is 2.23. The van der Waals surface area contributed by atoms with Gasteiger partial charge in [-0.3, -0.25) is 29.5 Å². The summed E-state index contributed by atoms with van der Waals surface area (Å²) < 4.78 is 27.6. The molecule has 2 N–H and O–H groups in total. The first kappa shape index (κ1) is 23.4. The smallest absolute Gasteiger partial charge is 0.269 e. The first-order chi connectivity index (χ1) is 15.2. The van der Waals surface area contributed by atoms with Gasteiger partial charge in [0.2, 0.25) is 5.91 Å². The van der Waals surface area contributed by atoms with Crippen LogP contribution in [0, 0.1) is 10.1 Å². The molecule has 0 spiro atoms. The van der Waals surface area contributed by atoms with Crippen molar-refractivity contribution in [3.63, 3.8) is 0 Å². The van der Waals surface area contributed by atoms with Crippen molar-refractivity contribution in [1.82, 2.24) is 9.62 Å². The van der Waals surface area contributed by atoms with E-state index in [9.17, 15) is 23.3 Å². The third kappa shape index (κ3) is 5.89. The second-order valence-electron chi connectivity index (χ2n) is 7.56. The van der Waals surface area contributed by atoms with Gasteiger partial charge in [-0.05, 0) is 44.2 Å². The Hall–Kier alpha value is -3.31. The van der Waals surface area contributed by atoms with Crippen LogP contribution >= 0.6 is 0 Å². The Kier molecular flexibility index (Phi) is 7.21. The average Bonchev–Trinajstić information content (AvgIpc) is 3.25. The SMILES string of the molecule is C[C@H](c1cccc([N+](=O)[O-])c1)N(C)CC(=O)Nc1cccc(S(=O)(=O)NC2=NCCC2)c1. The lowest BCUT2D eigenvalue weighted by Crippen LogP contribution is -2.32. The largest absolute Gasteiger partial charge is 0.325 e. The highest BCUT2D eigenvalue weighted by atomic mass is 32.2. The topological polar surface area (TPSA) is 134 Å². The number of nitrogens with zero attached hydrogens (tertiary/aromatic N) is 3. The zero-order valence-electron chi connectivity index (χ0n) is 17.8. The molecule has 1 aliphatic heterocycles. The van der Waals surface area contributed by atoms with E-state index in [0.717, 1.165) is 6.42 Å². The summed E-state index contributed by atoms with van der Waals surface area (Å²) >= 11 is 0. The molecule has 1 aliphatic rings. The number of non-ortho nitro benzene ring substituents is 1. The van der Waals surface area contributed by atoms with Crippen LogP contribution in [0.25, 0.3) is 0 Å². The van der Waals surface area contributed by atoms with Crippen molar-refractivity contribution in [1.29, 1.82) is 0 Å². The summed E-state index contributed by atoms with van der Waals surface area (Å²) in [5.41, 5.74) is 1.05. The summed E-state index contributed by atoms with van der Waals surface area (Å²) in [5, 5.41) is 13.7. The Balaban J connectivity index is 1.64. The molecule has 0 saturated carbocycles. The molecule has 32 heavy (non-hydrogen) atoms. The van der Waals surface area contributed by atoms with Crippen molar-refractivity contribution in [3.8, 4) is 0 Å². The Morgan fingerprint density at radius 1 is 1.25 bits per heavy atom. The lowest BCUT2D eigenvalue weighted by molar-refractivity contribution is -0.384. The van der Waals surface area contributed by atoms with Gasteiger partial charge >= 0.3 is 0 Å². The fraction of sp³-hybridized carbons (Fsp3) is 0.333. The molecule has 1 amide bonds. The van der Waals surface area contributed by atoms with Crippen molar-refractivity contribution in [2.45, 2.75) is 30.7 Å². The molecule has 3 rings (SSSR count). The van der Waals surface area contributed by atoms with E-state index in [0.29, 0.717) is 30.1 Å². The van der Waals surface area contributed by atoms with Gasteiger partial charge in [-0.15, -0.1) is 0 Å². The van der Waals surface area contributed by atoms with Crippen LogP contribution < -0.4 is 10.0 Å². The first-order valence-corrected chi connectivity index (χ1v) is 11.5. The molecule has 10 nitrogen and oxygen atoms in total. The highest BCUT2D eigenvalue weighted by molar-refractivity contribution is 7.90. The maximum atomic E-state index is 12.6. The summed E-state index contributed by atoms with van der Waals surface area (Å²) in [7, 11) is -2.05. The Bertz CT molecular complexity index is 1150. The van der Waals surface area contributed by atoms with Gasteiger partial charge < -0.3 is 5.32 Å². The molecular weight excluding hydrogens is 434 g/mol. The summed E-state index contributed by atoms with van der Waals surface area (Å²) in [6.07, 6.45) is 1.40. The molecule has 0 unspecified atom stereocenters. The number of amidine groups is 1. The number of sulfonamides is 1. The third-order valence-corrected chi connectivity index (χ3v) is 6.55. The number of nitro groups is 1. The van der Waals surface area contributed by atoms with E-state index in [1.165, 1.54) is 24.3 Å².